The second kappa shape index (κ2) is 11.5. The minimum absolute atomic E-state index is 0.0147. The van der Waals surface area contributed by atoms with Crippen LogP contribution in [0.15, 0.2) is 65.7 Å². The lowest BCUT2D eigenvalue weighted by molar-refractivity contribution is -0.113. The highest BCUT2D eigenvalue weighted by Crippen LogP contribution is 2.34. The van der Waals surface area contributed by atoms with E-state index in [1.807, 2.05) is 49.4 Å². The van der Waals surface area contributed by atoms with Crippen molar-refractivity contribution in [3.05, 3.63) is 93.5 Å². The molecule has 1 heterocycles. The van der Waals surface area contributed by atoms with Gasteiger partial charge in [0.2, 0.25) is 5.91 Å². The Bertz CT molecular complexity index is 1510. The predicted octanol–water partition coefficient (Wildman–Crippen LogP) is 7.68. The maximum Gasteiger partial charge on any atom is 0.234 e. The molecule has 2 N–H and O–H groups in total. The Morgan fingerprint density at radius 3 is 2.59 bits per heavy atom. The zero-order valence-corrected chi connectivity index (χ0v) is 22.1. The minimum atomic E-state index is -0.814. The van der Waals surface area contributed by atoms with Gasteiger partial charge in [-0.15, -0.1) is 11.3 Å². The fourth-order valence-corrected chi connectivity index (χ4v) is 5.56. The number of benzene rings is 3. The SMILES string of the molecule is Cc1cccc(C(C)C)c1NC(=O)CS/C(Nc1ccc(F)cc1F)=C(\C#N)c1nc2ccccc2s1. The second-order valence-electron chi connectivity index (χ2n) is 8.58. The first-order valence-electron chi connectivity index (χ1n) is 11.5. The molecule has 0 radical (unpaired) electrons. The molecule has 1 aromatic heterocycles. The summed E-state index contributed by atoms with van der Waals surface area (Å²) in [6.07, 6.45) is 0. The fraction of sp³-hybridized carbons (Fsp3) is 0.179. The molecule has 0 aliphatic rings. The van der Waals surface area contributed by atoms with Crippen LogP contribution in [0.2, 0.25) is 0 Å². The first-order valence-corrected chi connectivity index (χ1v) is 13.3. The zero-order chi connectivity index (χ0) is 26.5. The number of nitrogens with one attached hydrogen (secondary N) is 2. The molecule has 188 valence electrons. The van der Waals surface area contributed by atoms with Crippen LogP contribution < -0.4 is 10.6 Å². The Hall–Kier alpha value is -3.74. The van der Waals surface area contributed by atoms with E-state index in [1.165, 1.54) is 17.4 Å². The van der Waals surface area contributed by atoms with Gasteiger partial charge in [0.05, 0.1) is 26.7 Å². The van der Waals surface area contributed by atoms with E-state index in [0.29, 0.717) is 5.01 Å². The van der Waals surface area contributed by atoms with E-state index in [2.05, 4.69) is 35.5 Å². The number of carbonyl (C=O) groups excluding carboxylic acids is 1. The molecular weight excluding hydrogens is 510 g/mol. The Balaban J connectivity index is 1.66. The van der Waals surface area contributed by atoms with Gasteiger partial charge in [-0.2, -0.15) is 5.26 Å². The number of allylic oxidation sites excluding steroid dienone is 1. The maximum atomic E-state index is 14.5. The molecule has 4 aromatic rings. The molecule has 0 spiro atoms. The van der Waals surface area contributed by atoms with Crippen molar-refractivity contribution in [2.45, 2.75) is 26.7 Å². The summed E-state index contributed by atoms with van der Waals surface area (Å²) in [6, 6.07) is 18.6. The second-order valence-corrected chi connectivity index (χ2v) is 10.6. The van der Waals surface area contributed by atoms with Crippen LogP contribution in [0.5, 0.6) is 0 Å². The average molecular weight is 535 g/mol. The Morgan fingerprint density at radius 1 is 1.11 bits per heavy atom. The molecule has 0 saturated carbocycles. The maximum absolute atomic E-state index is 14.5. The van der Waals surface area contributed by atoms with Gasteiger partial charge in [-0.1, -0.05) is 55.9 Å². The van der Waals surface area contributed by atoms with Gasteiger partial charge >= 0.3 is 0 Å². The lowest BCUT2D eigenvalue weighted by atomic mass is 9.98. The highest BCUT2D eigenvalue weighted by atomic mass is 32.2. The van der Waals surface area contributed by atoms with Crippen molar-refractivity contribution in [1.82, 2.24) is 4.98 Å². The summed E-state index contributed by atoms with van der Waals surface area (Å²) in [4.78, 5) is 17.5. The molecule has 0 aliphatic heterocycles. The highest BCUT2D eigenvalue weighted by Gasteiger charge is 2.19. The molecule has 0 aliphatic carbocycles. The molecule has 3 aromatic carbocycles. The highest BCUT2D eigenvalue weighted by molar-refractivity contribution is 8.04. The molecule has 9 heteroatoms. The van der Waals surface area contributed by atoms with Crippen LogP contribution in [-0.2, 0) is 4.79 Å². The first kappa shape index (κ1) is 26.3. The van der Waals surface area contributed by atoms with Crippen molar-refractivity contribution in [2.24, 2.45) is 0 Å². The van der Waals surface area contributed by atoms with Crippen molar-refractivity contribution in [3.8, 4) is 6.07 Å². The number of anilines is 2. The average Bonchev–Trinajstić information content (AvgIpc) is 3.29. The van der Waals surface area contributed by atoms with E-state index in [4.69, 9.17) is 0 Å². The van der Waals surface area contributed by atoms with Crippen LogP contribution >= 0.6 is 23.1 Å². The fourth-order valence-electron chi connectivity index (χ4n) is 3.71. The van der Waals surface area contributed by atoms with E-state index >= 15 is 0 Å². The molecule has 0 fully saturated rings. The van der Waals surface area contributed by atoms with E-state index in [9.17, 15) is 18.8 Å². The molecule has 0 atom stereocenters. The smallest absolute Gasteiger partial charge is 0.234 e. The Kier molecular flexibility index (Phi) is 8.21. The number of hydrogen-bond donors (Lipinski definition) is 2. The van der Waals surface area contributed by atoms with Crippen LogP contribution in [0.4, 0.5) is 20.2 Å². The number of thiazole rings is 1. The standard InChI is InChI=1S/C28H24F2N4OS2/c1-16(2)19-8-6-7-17(3)26(19)34-25(35)15-36-27(32-22-12-11-18(29)13-21(22)30)20(14-31)28-33-23-9-4-5-10-24(23)37-28/h4-13,16,32H,15H2,1-3H3,(H,34,35)/b27-20+. The van der Waals surface area contributed by atoms with E-state index in [1.54, 1.807) is 0 Å². The molecule has 37 heavy (non-hydrogen) atoms. The van der Waals surface area contributed by atoms with Gasteiger partial charge in [-0.3, -0.25) is 4.79 Å². The Morgan fingerprint density at radius 2 is 1.89 bits per heavy atom. The molecule has 5 nitrogen and oxygen atoms in total. The third-order valence-electron chi connectivity index (χ3n) is 5.56. The van der Waals surface area contributed by atoms with Gasteiger partial charge in [-0.25, -0.2) is 13.8 Å². The number of aromatic nitrogens is 1. The van der Waals surface area contributed by atoms with Gasteiger partial charge in [-0.05, 0) is 48.2 Å². The quantitative estimate of drug-likeness (QED) is 0.227. The summed E-state index contributed by atoms with van der Waals surface area (Å²) in [5.74, 6) is -1.64. The van der Waals surface area contributed by atoms with Gasteiger partial charge in [0.15, 0.2) is 0 Å². The summed E-state index contributed by atoms with van der Waals surface area (Å²) in [7, 11) is 0. The number of para-hydroxylation sites is 2. The number of amides is 1. The van der Waals surface area contributed by atoms with Crippen LogP contribution in [0.3, 0.4) is 0 Å². The molecule has 0 saturated heterocycles. The largest absolute Gasteiger partial charge is 0.347 e. The molecule has 0 bridgehead atoms. The number of halogens is 2. The van der Waals surface area contributed by atoms with Crippen molar-refractivity contribution < 1.29 is 13.6 Å². The summed E-state index contributed by atoms with van der Waals surface area (Å²) in [5, 5.41) is 16.6. The van der Waals surface area contributed by atoms with Crippen LogP contribution in [-0.4, -0.2) is 16.6 Å². The number of nitrogens with zero attached hydrogens (tertiary/aromatic N) is 2. The summed E-state index contributed by atoms with van der Waals surface area (Å²) in [5.41, 5.74) is 3.61. The third-order valence-corrected chi connectivity index (χ3v) is 7.62. The molecular formula is C28H24F2N4OS2. The van der Waals surface area contributed by atoms with Crippen molar-refractivity contribution >= 4 is 56.2 Å². The topological polar surface area (TPSA) is 77.8 Å². The van der Waals surface area contributed by atoms with Crippen molar-refractivity contribution in [3.63, 3.8) is 0 Å². The predicted molar refractivity (Wildman–Crippen MR) is 148 cm³/mol. The van der Waals surface area contributed by atoms with Crippen LogP contribution in [0, 0.1) is 29.9 Å². The normalized spacial score (nSPS) is 11.8. The monoisotopic (exact) mass is 534 g/mol. The number of rotatable bonds is 8. The number of carbonyl (C=O) groups is 1. The summed E-state index contributed by atoms with van der Waals surface area (Å²) < 4.78 is 28.9. The van der Waals surface area contributed by atoms with Gasteiger partial charge in [0.1, 0.15) is 28.3 Å². The molecule has 0 unspecified atom stereocenters. The number of hydrogen-bond acceptors (Lipinski definition) is 6. The number of nitriles is 1. The van der Waals surface area contributed by atoms with Crippen molar-refractivity contribution in [2.75, 3.05) is 16.4 Å². The first-order chi connectivity index (χ1) is 17.8. The number of fused-ring (bicyclic) bond motifs is 1. The third kappa shape index (κ3) is 6.16. The van der Waals surface area contributed by atoms with Crippen molar-refractivity contribution in [1.29, 1.82) is 5.26 Å². The van der Waals surface area contributed by atoms with E-state index in [0.717, 1.165) is 50.9 Å². The number of aryl methyl sites for hydroxylation is 1. The lowest BCUT2D eigenvalue weighted by Crippen LogP contribution is -2.17. The van der Waals surface area contributed by atoms with Gasteiger partial charge < -0.3 is 10.6 Å². The lowest BCUT2D eigenvalue weighted by Gasteiger charge is -2.17. The van der Waals surface area contributed by atoms with Gasteiger partial charge in [0, 0.05) is 11.8 Å². The van der Waals surface area contributed by atoms with E-state index in [-0.39, 0.29) is 33.9 Å². The minimum Gasteiger partial charge on any atom is -0.347 e. The van der Waals surface area contributed by atoms with Crippen LogP contribution in [0.25, 0.3) is 15.8 Å². The summed E-state index contributed by atoms with van der Waals surface area (Å²) >= 11 is 2.37. The zero-order valence-electron chi connectivity index (χ0n) is 20.4. The summed E-state index contributed by atoms with van der Waals surface area (Å²) in [6.45, 7) is 6.04. The molecule has 4 rings (SSSR count). The molecule has 1 amide bonds. The van der Waals surface area contributed by atoms with E-state index < -0.39 is 11.6 Å². The number of thioether (sulfide) groups is 1. The van der Waals surface area contributed by atoms with Crippen LogP contribution in [0.1, 0.15) is 35.9 Å². The van der Waals surface area contributed by atoms with Gasteiger partial charge in [0.25, 0.3) is 0 Å². The Labute approximate surface area is 222 Å².